The number of benzene rings is 2. The van der Waals surface area contributed by atoms with Crippen LogP contribution in [0.15, 0.2) is 48.5 Å². The third-order valence-electron chi connectivity index (χ3n) is 6.15. The molecule has 1 unspecified atom stereocenters. The fraction of sp³-hybridized carbons (Fsp3) is 0.407. The molecular weight excluding hydrogens is 460 g/mol. The first-order valence-electron chi connectivity index (χ1n) is 12.1. The summed E-state index contributed by atoms with van der Waals surface area (Å²) >= 11 is 0. The summed E-state index contributed by atoms with van der Waals surface area (Å²) in [7, 11) is 0. The van der Waals surface area contributed by atoms with E-state index in [1.807, 2.05) is 31.2 Å². The van der Waals surface area contributed by atoms with Gasteiger partial charge in [0, 0.05) is 24.5 Å². The second-order valence-corrected chi connectivity index (χ2v) is 9.56. The molecule has 1 aliphatic heterocycles. The van der Waals surface area contributed by atoms with Crippen molar-refractivity contribution in [3.63, 3.8) is 0 Å². The Kier molecular flexibility index (Phi) is 9.05. The van der Waals surface area contributed by atoms with Gasteiger partial charge in [-0.15, -0.1) is 0 Å². The molecule has 192 valence electrons. The average Bonchev–Trinajstić information content (AvgIpc) is 2.81. The Balaban J connectivity index is 1.60. The summed E-state index contributed by atoms with van der Waals surface area (Å²) in [5, 5.41) is 14.6. The molecule has 0 aliphatic carbocycles. The molecule has 1 heterocycles. The smallest absolute Gasteiger partial charge is 0.323 e. The van der Waals surface area contributed by atoms with Crippen LogP contribution < -0.4 is 10.6 Å². The second kappa shape index (κ2) is 12.2. The topological polar surface area (TPSA) is 119 Å². The number of aliphatic carboxylic acids is 1. The Bertz CT molecular complexity index is 1100. The largest absolute Gasteiger partial charge is 0.481 e. The lowest BCUT2D eigenvalue weighted by Gasteiger charge is -2.41. The van der Waals surface area contributed by atoms with Crippen LogP contribution in [0.25, 0.3) is 0 Å². The Morgan fingerprint density at radius 3 is 2.39 bits per heavy atom. The van der Waals surface area contributed by atoms with Crippen LogP contribution in [0.2, 0.25) is 0 Å². The number of carboxylic acids is 1. The molecule has 0 spiro atoms. The van der Waals surface area contributed by atoms with E-state index in [1.54, 1.807) is 34.1 Å². The number of amides is 4. The highest BCUT2D eigenvalue weighted by Crippen LogP contribution is 2.21. The molecule has 1 aliphatic rings. The number of nitrogens with zero attached hydrogens (tertiary/aromatic N) is 2. The zero-order valence-corrected chi connectivity index (χ0v) is 21.0. The number of piperazine rings is 1. The molecule has 2 aromatic rings. The fourth-order valence-electron chi connectivity index (χ4n) is 4.29. The van der Waals surface area contributed by atoms with Crippen LogP contribution in [0.3, 0.4) is 0 Å². The third-order valence-corrected chi connectivity index (χ3v) is 6.15. The van der Waals surface area contributed by atoms with Crippen LogP contribution in [0, 0.1) is 12.8 Å². The molecule has 9 heteroatoms. The number of para-hydroxylation sites is 1. The zero-order chi connectivity index (χ0) is 26.2. The van der Waals surface area contributed by atoms with Gasteiger partial charge in [-0.25, -0.2) is 4.79 Å². The van der Waals surface area contributed by atoms with Gasteiger partial charge in [0.25, 0.3) is 0 Å². The fourth-order valence-corrected chi connectivity index (χ4v) is 4.29. The first-order chi connectivity index (χ1) is 17.1. The predicted octanol–water partition coefficient (Wildman–Crippen LogP) is 3.74. The van der Waals surface area contributed by atoms with Gasteiger partial charge in [0.2, 0.25) is 11.8 Å². The molecular formula is C27H34N4O5. The minimum Gasteiger partial charge on any atom is -0.481 e. The van der Waals surface area contributed by atoms with E-state index in [9.17, 15) is 19.2 Å². The van der Waals surface area contributed by atoms with E-state index < -0.39 is 5.97 Å². The average molecular weight is 495 g/mol. The van der Waals surface area contributed by atoms with Crippen molar-refractivity contribution in [3.8, 4) is 0 Å². The summed E-state index contributed by atoms with van der Waals surface area (Å²) in [6.45, 7) is 6.47. The van der Waals surface area contributed by atoms with Crippen molar-refractivity contribution in [2.45, 2.75) is 46.1 Å². The van der Waals surface area contributed by atoms with E-state index in [1.165, 1.54) is 0 Å². The molecule has 1 saturated heterocycles. The predicted molar refractivity (Wildman–Crippen MR) is 138 cm³/mol. The van der Waals surface area contributed by atoms with Gasteiger partial charge in [-0.3, -0.25) is 14.4 Å². The van der Waals surface area contributed by atoms with Crippen LogP contribution in [0.5, 0.6) is 0 Å². The van der Waals surface area contributed by atoms with Crippen LogP contribution in [-0.2, 0) is 20.8 Å². The Hall–Kier alpha value is -3.88. The quantitative estimate of drug-likeness (QED) is 0.491. The maximum absolute atomic E-state index is 13.2. The van der Waals surface area contributed by atoms with Gasteiger partial charge >= 0.3 is 12.0 Å². The lowest BCUT2D eigenvalue weighted by Crippen LogP contribution is -2.58. The highest BCUT2D eigenvalue weighted by atomic mass is 16.4. The Morgan fingerprint density at radius 1 is 1.06 bits per heavy atom. The molecule has 9 nitrogen and oxygen atoms in total. The number of carbonyl (C=O) groups is 4. The number of hydrogen-bond acceptors (Lipinski definition) is 4. The SMILES string of the molecule is Cc1ccccc1NC(=O)Nc1ccc(CC(=O)N2CC(=O)N(CCC(=O)O)CC2CC(C)C)cc1. The molecule has 0 aromatic heterocycles. The zero-order valence-electron chi connectivity index (χ0n) is 21.0. The van der Waals surface area contributed by atoms with Gasteiger partial charge in [0.05, 0.1) is 18.9 Å². The van der Waals surface area contributed by atoms with Crippen molar-refractivity contribution in [1.29, 1.82) is 0 Å². The van der Waals surface area contributed by atoms with Crippen LogP contribution >= 0.6 is 0 Å². The highest BCUT2D eigenvalue weighted by molar-refractivity contribution is 6.00. The van der Waals surface area contributed by atoms with E-state index >= 15 is 0 Å². The first kappa shape index (κ1) is 26.7. The van der Waals surface area contributed by atoms with Crippen LogP contribution in [0.4, 0.5) is 16.2 Å². The van der Waals surface area contributed by atoms with E-state index in [4.69, 9.17) is 5.11 Å². The standard InChI is InChI=1S/C27H34N4O5/c1-18(2)14-22-16-30(13-12-26(34)35)25(33)17-31(22)24(32)15-20-8-10-21(11-9-20)28-27(36)29-23-7-5-4-6-19(23)3/h4-11,18,22H,12-17H2,1-3H3,(H,34,35)(H2,28,29,36). The first-order valence-corrected chi connectivity index (χ1v) is 12.1. The molecule has 0 radical (unpaired) electrons. The van der Waals surface area contributed by atoms with Crippen molar-refractivity contribution in [2.75, 3.05) is 30.3 Å². The van der Waals surface area contributed by atoms with Crippen molar-refractivity contribution in [3.05, 3.63) is 59.7 Å². The van der Waals surface area contributed by atoms with Crippen molar-refractivity contribution in [2.24, 2.45) is 5.92 Å². The molecule has 1 atom stereocenters. The number of aryl methyl sites for hydroxylation is 1. The third kappa shape index (κ3) is 7.56. The normalized spacial score (nSPS) is 15.7. The monoisotopic (exact) mass is 494 g/mol. The van der Waals surface area contributed by atoms with Gasteiger partial charge in [-0.05, 0) is 48.6 Å². The maximum atomic E-state index is 13.2. The van der Waals surface area contributed by atoms with Crippen molar-refractivity contribution >= 4 is 35.2 Å². The molecule has 36 heavy (non-hydrogen) atoms. The van der Waals surface area contributed by atoms with Gasteiger partial charge < -0.3 is 25.5 Å². The van der Waals surface area contributed by atoms with E-state index in [-0.39, 0.29) is 49.8 Å². The van der Waals surface area contributed by atoms with Gasteiger partial charge in [0.15, 0.2) is 0 Å². The van der Waals surface area contributed by atoms with Crippen molar-refractivity contribution < 1.29 is 24.3 Å². The number of rotatable bonds is 9. The second-order valence-electron chi connectivity index (χ2n) is 9.56. The van der Waals surface area contributed by atoms with E-state index in [0.29, 0.717) is 18.2 Å². The van der Waals surface area contributed by atoms with Gasteiger partial charge in [-0.2, -0.15) is 0 Å². The summed E-state index contributed by atoms with van der Waals surface area (Å²) in [6, 6.07) is 14.0. The summed E-state index contributed by atoms with van der Waals surface area (Å²) in [4.78, 5) is 52.2. The summed E-state index contributed by atoms with van der Waals surface area (Å²) < 4.78 is 0. The molecule has 2 aromatic carbocycles. The number of urea groups is 1. The lowest BCUT2D eigenvalue weighted by atomic mass is 9.98. The Morgan fingerprint density at radius 2 is 1.75 bits per heavy atom. The molecule has 4 amide bonds. The lowest BCUT2D eigenvalue weighted by molar-refractivity contribution is -0.150. The highest BCUT2D eigenvalue weighted by Gasteiger charge is 2.35. The number of nitrogens with one attached hydrogen (secondary N) is 2. The summed E-state index contributed by atoms with van der Waals surface area (Å²) in [6.07, 6.45) is 0.742. The molecule has 0 bridgehead atoms. The Labute approximate surface area is 211 Å². The van der Waals surface area contributed by atoms with Gasteiger partial charge in [-0.1, -0.05) is 44.2 Å². The number of hydrogen-bond donors (Lipinski definition) is 3. The van der Waals surface area contributed by atoms with Crippen LogP contribution in [0.1, 0.15) is 37.8 Å². The summed E-state index contributed by atoms with van der Waals surface area (Å²) in [5.41, 5.74) is 3.05. The molecule has 3 N–H and O–H groups in total. The minimum absolute atomic E-state index is 0.0471. The molecule has 3 rings (SSSR count). The van der Waals surface area contributed by atoms with Gasteiger partial charge in [0.1, 0.15) is 6.54 Å². The number of carbonyl (C=O) groups excluding carboxylic acids is 3. The van der Waals surface area contributed by atoms with E-state index in [2.05, 4.69) is 24.5 Å². The molecule has 1 fully saturated rings. The number of anilines is 2. The van der Waals surface area contributed by atoms with Crippen LogP contribution in [-0.4, -0.2) is 64.4 Å². The van der Waals surface area contributed by atoms with Crippen molar-refractivity contribution in [1.82, 2.24) is 9.80 Å². The van der Waals surface area contributed by atoms with E-state index in [0.717, 1.165) is 23.2 Å². The maximum Gasteiger partial charge on any atom is 0.323 e. The minimum atomic E-state index is -0.952. The molecule has 0 saturated carbocycles. The number of carboxylic acid groups (broad SMARTS) is 1. The summed E-state index contributed by atoms with van der Waals surface area (Å²) in [5.74, 6) is -1.02.